The fourth-order valence-electron chi connectivity index (χ4n) is 6.58. The number of sulfonamides is 1. The van der Waals surface area contributed by atoms with Crippen LogP contribution in [0.15, 0.2) is 29.2 Å². The maximum absolute atomic E-state index is 13.6. The van der Waals surface area contributed by atoms with Crippen molar-refractivity contribution in [3.05, 3.63) is 41.2 Å². The average Bonchev–Trinajstić information content (AvgIpc) is 3.25. The number of carbonyl (C=O) groups is 2. The van der Waals surface area contributed by atoms with Gasteiger partial charge in [-0.05, 0) is 69.7 Å². The van der Waals surface area contributed by atoms with E-state index >= 15 is 0 Å². The second-order valence-electron chi connectivity index (χ2n) is 12.5. The van der Waals surface area contributed by atoms with Gasteiger partial charge in [-0.2, -0.15) is 9.40 Å². The number of aromatic nitrogens is 2. The van der Waals surface area contributed by atoms with Crippen molar-refractivity contribution in [2.75, 3.05) is 32.7 Å². The van der Waals surface area contributed by atoms with Crippen LogP contribution in [0.3, 0.4) is 0 Å². The van der Waals surface area contributed by atoms with E-state index in [9.17, 15) is 18.0 Å². The quantitative estimate of drug-likeness (QED) is 0.387. The Labute approximate surface area is 257 Å². The molecule has 0 radical (unpaired) electrons. The van der Waals surface area contributed by atoms with E-state index in [1.807, 2.05) is 37.3 Å². The SMILES string of the molecule is CCCCN1C(=O)[C@H](CC(C)C)NC(=O)C12CCN(Cc1c(C)nn(-c3ccc(S(=O)(=O)N(CC)CC)cc3)c1C)CC2. The number of aryl methyl sites for hydroxylation is 1. The van der Waals surface area contributed by atoms with E-state index in [4.69, 9.17) is 5.10 Å². The van der Waals surface area contributed by atoms with Crippen LogP contribution in [0.25, 0.3) is 5.69 Å². The van der Waals surface area contributed by atoms with E-state index < -0.39 is 21.6 Å². The van der Waals surface area contributed by atoms with Gasteiger partial charge in [0.15, 0.2) is 0 Å². The summed E-state index contributed by atoms with van der Waals surface area (Å²) in [4.78, 5) is 31.7. The Morgan fingerprint density at radius 2 is 1.67 bits per heavy atom. The maximum atomic E-state index is 13.6. The molecule has 0 bridgehead atoms. The Bertz CT molecular complexity index is 1390. The van der Waals surface area contributed by atoms with E-state index in [-0.39, 0.29) is 16.7 Å². The van der Waals surface area contributed by atoms with Crippen molar-refractivity contribution >= 4 is 21.8 Å². The minimum Gasteiger partial charge on any atom is -0.342 e. The molecule has 1 spiro atoms. The first-order valence-corrected chi connectivity index (χ1v) is 17.3. The molecule has 238 valence electrons. The van der Waals surface area contributed by atoms with Crippen LogP contribution in [0, 0.1) is 19.8 Å². The molecule has 2 aliphatic rings. The molecule has 2 amide bonds. The summed E-state index contributed by atoms with van der Waals surface area (Å²) in [7, 11) is -3.53. The predicted molar refractivity (Wildman–Crippen MR) is 168 cm³/mol. The molecule has 1 atom stereocenters. The third-order valence-corrected chi connectivity index (χ3v) is 11.2. The van der Waals surface area contributed by atoms with Crippen LogP contribution in [0.4, 0.5) is 0 Å². The number of unbranched alkanes of at least 4 members (excludes halogenated alkanes) is 1. The van der Waals surface area contributed by atoms with Crippen LogP contribution in [-0.2, 0) is 26.2 Å². The number of piperazine rings is 1. The molecule has 11 heteroatoms. The number of nitrogens with one attached hydrogen (secondary N) is 1. The lowest BCUT2D eigenvalue weighted by molar-refractivity contribution is -0.161. The number of likely N-dealkylation sites (tertiary alicyclic amines) is 1. The van der Waals surface area contributed by atoms with E-state index in [1.165, 1.54) is 4.31 Å². The molecule has 43 heavy (non-hydrogen) atoms. The molecule has 1 N–H and O–H groups in total. The number of hydrogen-bond acceptors (Lipinski definition) is 6. The van der Waals surface area contributed by atoms with Crippen molar-refractivity contribution in [3.63, 3.8) is 0 Å². The summed E-state index contributed by atoms with van der Waals surface area (Å²) in [6.45, 7) is 17.6. The smallest absolute Gasteiger partial charge is 0.246 e. The Hall–Kier alpha value is -2.76. The largest absolute Gasteiger partial charge is 0.342 e. The van der Waals surface area contributed by atoms with Crippen molar-refractivity contribution in [2.24, 2.45) is 5.92 Å². The van der Waals surface area contributed by atoms with Gasteiger partial charge in [-0.1, -0.05) is 41.0 Å². The molecular weight excluding hydrogens is 564 g/mol. The Morgan fingerprint density at radius 3 is 2.23 bits per heavy atom. The third kappa shape index (κ3) is 6.54. The van der Waals surface area contributed by atoms with Crippen molar-refractivity contribution in [2.45, 2.75) is 104 Å². The van der Waals surface area contributed by atoms with E-state index in [0.29, 0.717) is 64.4 Å². The van der Waals surface area contributed by atoms with E-state index in [1.54, 1.807) is 24.3 Å². The summed E-state index contributed by atoms with van der Waals surface area (Å²) >= 11 is 0. The van der Waals surface area contributed by atoms with E-state index in [0.717, 1.165) is 35.5 Å². The van der Waals surface area contributed by atoms with Gasteiger partial charge in [0.2, 0.25) is 21.8 Å². The molecule has 1 aromatic carbocycles. The number of amides is 2. The Balaban J connectivity index is 1.49. The van der Waals surface area contributed by atoms with Gasteiger partial charge in [0.25, 0.3) is 0 Å². The van der Waals surface area contributed by atoms with Crippen LogP contribution in [0.2, 0.25) is 0 Å². The molecular formula is C32H50N6O4S. The number of carbonyl (C=O) groups excluding carboxylic acids is 2. The first-order chi connectivity index (χ1) is 20.4. The topological polar surface area (TPSA) is 108 Å². The summed E-state index contributed by atoms with van der Waals surface area (Å²) in [5, 5.41) is 7.89. The van der Waals surface area contributed by atoms with Gasteiger partial charge >= 0.3 is 0 Å². The second kappa shape index (κ2) is 13.5. The van der Waals surface area contributed by atoms with Gasteiger partial charge < -0.3 is 10.2 Å². The zero-order chi connectivity index (χ0) is 31.5. The van der Waals surface area contributed by atoms with Crippen molar-refractivity contribution in [1.82, 2.24) is 29.2 Å². The molecule has 10 nitrogen and oxygen atoms in total. The van der Waals surface area contributed by atoms with Crippen LogP contribution in [-0.4, -0.2) is 88.4 Å². The molecule has 2 aromatic rings. The number of nitrogens with zero attached hydrogens (tertiary/aromatic N) is 5. The third-order valence-electron chi connectivity index (χ3n) is 9.18. The normalized spacial score (nSPS) is 19.6. The van der Waals surface area contributed by atoms with Gasteiger partial charge in [-0.3, -0.25) is 14.5 Å². The highest BCUT2D eigenvalue weighted by molar-refractivity contribution is 7.89. The van der Waals surface area contributed by atoms with Gasteiger partial charge in [0.05, 0.1) is 16.3 Å². The molecule has 3 heterocycles. The molecule has 0 unspecified atom stereocenters. The van der Waals surface area contributed by atoms with Gasteiger partial charge in [0.1, 0.15) is 11.6 Å². The zero-order valence-electron chi connectivity index (χ0n) is 27.0. The highest BCUT2D eigenvalue weighted by Crippen LogP contribution is 2.35. The minimum absolute atomic E-state index is 0.000129. The van der Waals surface area contributed by atoms with Crippen LogP contribution < -0.4 is 5.32 Å². The molecule has 1 aromatic heterocycles. The summed E-state index contributed by atoms with van der Waals surface area (Å²) in [5.41, 5.74) is 3.08. The molecule has 4 rings (SSSR count). The summed E-state index contributed by atoms with van der Waals surface area (Å²) in [5.74, 6) is 0.392. The summed E-state index contributed by atoms with van der Waals surface area (Å²) < 4.78 is 29.2. The number of piperidine rings is 1. The van der Waals surface area contributed by atoms with E-state index in [2.05, 4.69) is 31.0 Å². The van der Waals surface area contributed by atoms with Crippen molar-refractivity contribution < 1.29 is 18.0 Å². The second-order valence-corrected chi connectivity index (χ2v) is 14.4. The highest BCUT2D eigenvalue weighted by atomic mass is 32.2. The minimum atomic E-state index is -3.53. The highest BCUT2D eigenvalue weighted by Gasteiger charge is 2.53. The first kappa shape index (κ1) is 33.1. The lowest BCUT2D eigenvalue weighted by Crippen LogP contribution is -2.73. The van der Waals surface area contributed by atoms with Gasteiger partial charge in [-0.25, -0.2) is 13.1 Å². The lowest BCUT2D eigenvalue weighted by atomic mass is 9.80. The molecule has 2 fully saturated rings. The molecule has 2 saturated heterocycles. The fraction of sp³-hybridized carbons (Fsp3) is 0.656. The number of benzene rings is 1. The zero-order valence-corrected chi connectivity index (χ0v) is 27.8. The van der Waals surface area contributed by atoms with Crippen LogP contribution >= 0.6 is 0 Å². The average molecular weight is 615 g/mol. The van der Waals surface area contributed by atoms with Crippen LogP contribution in [0.5, 0.6) is 0 Å². The lowest BCUT2D eigenvalue weighted by Gasteiger charge is -2.52. The summed E-state index contributed by atoms with van der Waals surface area (Å²) in [6.07, 6.45) is 3.74. The van der Waals surface area contributed by atoms with Gasteiger partial charge in [-0.15, -0.1) is 0 Å². The number of hydrogen-bond donors (Lipinski definition) is 1. The van der Waals surface area contributed by atoms with Crippen molar-refractivity contribution in [3.8, 4) is 5.69 Å². The Morgan fingerprint density at radius 1 is 1.05 bits per heavy atom. The Kier molecular flexibility index (Phi) is 10.4. The molecule has 0 saturated carbocycles. The number of rotatable bonds is 12. The summed E-state index contributed by atoms with van der Waals surface area (Å²) in [6, 6.07) is 6.47. The first-order valence-electron chi connectivity index (χ1n) is 15.9. The standard InChI is InChI=1S/C32H50N6O4S/c1-8-11-18-37-30(39)29(21-23(4)5)33-31(40)32(37)16-19-35(20-17-32)22-28-24(6)34-38(25(28)7)26-12-14-27(15-13-26)43(41,42)36(9-2)10-3/h12-15,23,29H,8-11,16-22H2,1-7H3,(H,33,40)/t29-/m0/s1. The van der Waals surface area contributed by atoms with Gasteiger partial charge in [0, 0.05) is 50.5 Å². The van der Waals surface area contributed by atoms with Crippen LogP contribution in [0.1, 0.15) is 83.7 Å². The van der Waals surface area contributed by atoms with Crippen molar-refractivity contribution in [1.29, 1.82) is 0 Å². The monoisotopic (exact) mass is 614 g/mol. The molecule has 0 aliphatic carbocycles. The fourth-order valence-corrected chi connectivity index (χ4v) is 8.03. The predicted octanol–water partition coefficient (Wildman–Crippen LogP) is 4.03. The molecule has 2 aliphatic heterocycles. The maximum Gasteiger partial charge on any atom is 0.246 e.